The predicted molar refractivity (Wildman–Crippen MR) is 67.0 cm³/mol. The molecule has 0 bridgehead atoms. The zero-order valence-electron chi connectivity index (χ0n) is 10.5. The van der Waals surface area contributed by atoms with Gasteiger partial charge in [-0.3, -0.25) is 0 Å². The molecule has 0 radical (unpaired) electrons. The van der Waals surface area contributed by atoms with E-state index in [4.69, 9.17) is 10.00 Å². The lowest BCUT2D eigenvalue weighted by atomic mass is 10.2. The van der Waals surface area contributed by atoms with Crippen molar-refractivity contribution in [3.05, 3.63) is 41.5 Å². The van der Waals surface area contributed by atoms with Crippen LogP contribution in [0.5, 0.6) is 5.75 Å². The fraction of sp³-hybridized carbons (Fsp3) is 0.286. The summed E-state index contributed by atoms with van der Waals surface area (Å²) in [4.78, 5) is 11.3. The van der Waals surface area contributed by atoms with Crippen molar-refractivity contribution < 1.29 is 14.3 Å². The van der Waals surface area contributed by atoms with E-state index in [9.17, 15) is 4.79 Å². The van der Waals surface area contributed by atoms with Gasteiger partial charge in [0.15, 0.2) is 0 Å². The van der Waals surface area contributed by atoms with Gasteiger partial charge in [0.2, 0.25) is 0 Å². The van der Waals surface area contributed by atoms with E-state index in [0.29, 0.717) is 29.9 Å². The first-order valence-corrected chi connectivity index (χ1v) is 5.61. The van der Waals surface area contributed by atoms with Crippen LogP contribution in [0.3, 0.4) is 0 Å². The van der Waals surface area contributed by atoms with E-state index in [1.165, 1.54) is 7.11 Å². The second-order valence-electron chi connectivity index (χ2n) is 3.52. The SMILES string of the molecule is CCC(=CCOc1ccc(C#N)cc1)C(=O)OC. The number of nitriles is 1. The van der Waals surface area contributed by atoms with Crippen molar-refractivity contribution in [2.45, 2.75) is 13.3 Å². The van der Waals surface area contributed by atoms with Crippen LogP contribution in [0.4, 0.5) is 0 Å². The molecule has 4 nitrogen and oxygen atoms in total. The Bertz CT molecular complexity index is 469. The smallest absolute Gasteiger partial charge is 0.333 e. The Kier molecular flexibility index (Phi) is 5.46. The molecule has 0 heterocycles. The number of ether oxygens (including phenoxy) is 2. The normalized spacial score (nSPS) is 10.6. The molecule has 94 valence electrons. The Morgan fingerprint density at radius 3 is 2.56 bits per heavy atom. The van der Waals surface area contributed by atoms with Crippen LogP contribution in [0.15, 0.2) is 35.9 Å². The summed E-state index contributed by atoms with van der Waals surface area (Å²) in [7, 11) is 1.35. The van der Waals surface area contributed by atoms with Crippen molar-refractivity contribution in [1.29, 1.82) is 5.26 Å². The van der Waals surface area contributed by atoms with Crippen molar-refractivity contribution >= 4 is 5.97 Å². The number of methoxy groups -OCH3 is 1. The number of carbonyl (C=O) groups excluding carboxylic acids is 1. The molecule has 0 saturated carbocycles. The first kappa shape index (κ1) is 13.8. The van der Waals surface area contributed by atoms with Crippen LogP contribution in [0.2, 0.25) is 0 Å². The van der Waals surface area contributed by atoms with E-state index in [2.05, 4.69) is 4.74 Å². The first-order chi connectivity index (χ1) is 8.71. The largest absolute Gasteiger partial charge is 0.490 e. The Morgan fingerprint density at radius 1 is 1.39 bits per heavy atom. The van der Waals surface area contributed by atoms with E-state index in [1.54, 1.807) is 30.3 Å². The molecule has 4 heteroatoms. The third kappa shape index (κ3) is 3.95. The number of nitrogens with zero attached hydrogens (tertiary/aromatic N) is 1. The first-order valence-electron chi connectivity index (χ1n) is 5.61. The van der Waals surface area contributed by atoms with E-state index >= 15 is 0 Å². The maximum atomic E-state index is 11.3. The van der Waals surface area contributed by atoms with Crippen LogP contribution >= 0.6 is 0 Å². The highest BCUT2D eigenvalue weighted by Gasteiger charge is 2.05. The lowest BCUT2D eigenvalue weighted by Crippen LogP contribution is -2.06. The molecule has 1 rings (SSSR count). The average Bonchev–Trinajstić information content (AvgIpc) is 2.43. The summed E-state index contributed by atoms with van der Waals surface area (Å²) in [6.45, 7) is 2.18. The number of benzene rings is 1. The van der Waals surface area contributed by atoms with E-state index in [0.717, 1.165) is 0 Å². The second-order valence-corrected chi connectivity index (χ2v) is 3.52. The fourth-order valence-corrected chi connectivity index (χ4v) is 1.37. The van der Waals surface area contributed by atoms with Crippen LogP contribution < -0.4 is 4.74 Å². The molecule has 0 aliphatic carbocycles. The molecule has 0 unspecified atom stereocenters. The van der Waals surface area contributed by atoms with E-state index in [-0.39, 0.29) is 5.97 Å². The highest BCUT2D eigenvalue weighted by Crippen LogP contribution is 2.12. The number of esters is 1. The van der Waals surface area contributed by atoms with E-state index < -0.39 is 0 Å². The van der Waals surface area contributed by atoms with Crippen LogP contribution in [0.25, 0.3) is 0 Å². The Labute approximate surface area is 106 Å². The standard InChI is InChI=1S/C14H15NO3/c1-3-12(14(16)17-2)8-9-18-13-6-4-11(10-15)5-7-13/h4-8H,3,9H2,1-2H3. The van der Waals surface area contributed by atoms with Gasteiger partial charge in [-0.15, -0.1) is 0 Å². The second kappa shape index (κ2) is 7.13. The molecule has 18 heavy (non-hydrogen) atoms. The van der Waals surface area contributed by atoms with Crippen LogP contribution in [-0.2, 0) is 9.53 Å². The van der Waals surface area contributed by atoms with Gasteiger partial charge in [-0.05, 0) is 36.8 Å². The van der Waals surface area contributed by atoms with Crippen LogP contribution in [0, 0.1) is 11.3 Å². The Balaban J connectivity index is 2.56. The zero-order valence-corrected chi connectivity index (χ0v) is 10.5. The third-order valence-corrected chi connectivity index (χ3v) is 2.39. The highest BCUT2D eigenvalue weighted by atomic mass is 16.5. The van der Waals surface area contributed by atoms with Gasteiger partial charge in [-0.1, -0.05) is 6.92 Å². The minimum absolute atomic E-state index is 0.296. The number of rotatable bonds is 5. The van der Waals surface area contributed by atoms with Crippen molar-refractivity contribution in [1.82, 2.24) is 0 Å². The summed E-state index contributed by atoms with van der Waals surface area (Å²) in [5.74, 6) is 0.325. The van der Waals surface area contributed by atoms with Gasteiger partial charge in [-0.2, -0.15) is 5.26 Å². The van der Waals surface area contributed by atoms with Crippen molar-refractivity contribution in [2.24, 2.45) is 0 Å². The van der Waals surface area contributed by atoms with Gasteiger partial charge in [-0.25, -0.2) is 4.79 Å². The molecule has 0 fully saturated rings. The van der Waals surface area contributed by atoms with Gasteiger partial charge in [0.05, 0.1) is 18.7 Å². The lowest BCUT2D eigenvalue weighted by molar-refractivity contribution is -0.136. The van der Waals surface area contributed by atoms with Crippen molar-refractivity contribution in [3.8, 4) is 11.8 Å². The van der Waals surface area contributed by atoms with Gasteiger partial charge < -0.3 is 9.47 Å². The molecule has 0 spiro atoms. The van der Waals surface area contributed by atoms with Crippen molar-refractivity contribution in [3.63, 3.8) is 0 Å². The zero-order chi connectivity index (χ0) is 13.4. The number of hydrogen-bond acceptors (Lipinski definition) is 4. The van der Waals surface area contributed by atoms with Crippen molar-refractivity contribution in [2.75, 3.05) is 13.7 Å². The molecule has 0 aliphatic rings. The summed E-state index contributed by atoms with van der Waals surface area (Å²) < 4.78 is 10.1. The minimum atomic E-state index is -0.332. The molecular weight excluding hydrogens is 230 g/mol. The van der Waals surface area contributed by atoms with Gasteiger partial charge in [0, 0.05) is 5.57 Å². The van der Waals surface area contributed by atoms with Crippen LogP contribution in [0.1, 0.15) is 18.9 Å². The monoisotopic (exact) mass is 245 g/mol. The quantitative estimate of drug-likeness (QED) is 0.590. The topological polar surface area (TPSA) is 59.3 Å². The maximum absolute atomic E-state index is 11.3. The summed E-state index contributed by atoms with van der Waals surface area (Å²) in [5, 5.41) is 8.65. The molecule has 0 saturated heterocycles. The summed E-state index contributed by atoms with van der Waals surface area (Å²) in [5.41, 5.74) is 1.17. The molecule has 0 amide bonds. The molecule has 1 aromatic carbocycles. The highest BCUT2D eigenvalue weighted by molar-refractivity contribution is 5.88. The maximum Gasteiger partial charge on any atom is 0.333 e. The van der Waals surface area contributed by atoms with Gasteiger partial charge >= 0.3 is 5.97 Å². The van der Waals surface area contributed by atoms with Crippen LogP contribution in [-0.4, -0.2) is 19.7 Å². The third-order valence-electron chi connectivity index (χ3n) is 2.39. The molecule has 0 aliphatic heterocycles. The molecule has 0 aromatic heterocycles. The van der Waals surface area contributed by atoms with Gasteiger partial charge in [0.25, 0.3) is 0 Å². The number of carbonyl (C=O) groups is 1. The lowest BCUT2D eigenvalue weighted by Gasteiger charge is -2.05. The summed E-state index contributed by atoms with van der Waals surface area (Å²) in [6, 6.07) is 8.83. The minimum Gasteiger partial charge on any atom is -0.490 e. The molecular formula is C14H15NO3. The summed E-state index contributed by atoms with van der Waals surface area (Å²) in [6.07, 6.45) is 2.30. The summed E-state index contributed by atoms with van der Waals surface area (Å²) >= 11 is 0. The molecule has 0 N–H and O–H groups in total. The van der Waals surface area contributed by atoms with Gasteiger partial charge in [0.1, 0.15) is 12.4 Å². The average molecular weight is 245 g/mol. The molecule has 1 aromatic rings. The van der Waals surface area contributed by atoms with E-state index in [1.807, 2.05) is 13.0 Å². The Morgan fingerprint density at radius 2 is 2.06 bits per heavy atom. The Hall–Kier alpha value is -2.28. The molecule has 0 atom stereocenters. The number of hydrogen-bond donors (Lipinski definition) is 0. The predicted octanol–water partition coefficient (Wildman–Crippen LogP) is 2.45. The fourth-order valence-electron chi connectivity index (χ4n) is 1.37.